The Morgan fingerprint density at radius 1 is 1.24 bits per heavy atom. The third-order valence-electron chi connectivity index (χ3n) is 4.90. The van der Waals surface area contributed by atoms with Gasteiger partial charge in [-0.1, -0.05) is 20.8 Å². The van der Waals surface area contributed by atoms with Gasteiger partial charge in [-0.2, -0.15) is 0 Å². The van der Waals surface area contributed by atoms with Crippen LogP contribution in [-0.4, -0.2) is 36.1 Å². The molecule has 1 saturated heterocycles. The van der Waals surface area contributed by atoms with Gasteiger partial charge in [-0.25, -0.2) is 0 Å². The van der Waals surface area contributed by atoms with Gasteiger partial charge < -0.3 is 5.32 Å². The van der Waals surface area contributed by atoms with Crippen LogP contribution >= 0.6 is 0 Å². The van der Waals surface area contributed by atoms with Crippen LogP contribution in [0.5, 0.6) is 0 Å². The van der Waals surface area contributed by atoms with E-state index in [1.165, 1.54) is 45.2 Å². The smallest absolute Gasteiger partial charge is 0.0221 e. The van der Waals surface area contributed by atoms with Crippen molar-refractivity contribution in [2.24, 2.45) is 5.41 Å². The van der Waals surface area contributed by atoms with Gasteiger partial charge in [0.25, 0.3) is 0 Å². The molecule has 2 heteroatoms. The van der Waals surface area contributed by atoms with Crippen molar-refractivity contribution in [2.45, 2.75) is 77.9 Å². The van der Waals surface area contributed by atoms with Crippen LogP contribution in [-0.2, 0) is 0 Å². The molecule has 0 aromatic heterocycles. The van der Waals surface area contributed by atoms with Crippen LogP contribution in [0.25, 0.3) is 0 Å². The Hall–Kier alpha value is -0.0800. The molecule has 2 unspecified atom stereocenters. The minimum atomic E-state index is 0.595. The topological polar surface area (TPSA) is 15.3 Å². The summed E-state index contributed by atoms with van der Waals surface area (Å²) in [5, 5.41) is 3.63. The molecule has 0 bridgehead atoms. The molecule has 2 nitrogen and oxygen atoms in total. The Labute approximate surface area is 107 Å². The van der Waals surface area contributed by atoms with Crippen LogP contribution in [0.3, 0.4) is 0 Å². The van der Waals surface area contributed by atoms with Crippen molar-refractivity contribution in [2.75, 3.05) is 13.1 Å². The molecule has 2 atom stereocenters. The molecule has 2 fully saturated rings. The van der Waals surface area contributed by atoms with Crippen molar-refractivity contribution >= 4 is 0 Å². The lowest BCUT2D eigenvalue weighted by atomic mass is 9.75. The monoisotopic (exact) mass is 238 g/mol. The van der Waals surface area contributed by atoms with Crippen molar-refractivity contribution in [3.05, 3.63) is 0 Å². The predicted molar refractivity (Wildman–Crippen MR) is 74.3 cm³/mol. The lowest BCUT2D eigenvalue weighted by Crippen LogP contribution is -2.59. The van der Waals surface area contributed by atoms with Gasteiger partial charge in [0, 0.05) is 31.2 Å². The molecule has 0 radical (unpaired) electrons. The lowest BCUT2D eigenvalue weighted by Gasteiger charge is -2.47. The standard InChI is InChI=1S/C15H30N2/c1-5-13-10-16-12(2)11-17(13)14-6-8-15(3,4)9-7-14/h12-14,16H,5-11H2,1-4H3. The second kappa shape index (κ2) is 5.27. The third-order valence-corrected chi connectivity index (χ3v) is 4.90. The fraction of sp³-hybridized carbons (Fsp3) is 1.00. The quantitative estimate of drug-likeness (QED) is 0.795. The van der Waals surface area contributed by atoms with E-state index in [4.69, 9.17) is 0 Å². The number of nitrogens with one attached hydrogen (secondary N) is 1. The van der Waals surface area contributed by atoms with E-state index < -0.39 is 0 Å². The summed E-state index contributed by atoms with van der Waals surface area (Å²) in [5.74, 6) is 0. The third kappa shape index (κ3) is 3.23. The van der Waals surface area contributed by atoms with Gasteiger partial charge in [-0.15, -0.1) is 0 Å². The average Bonchev–Trinajstić information content (AvgIpc) is 2.29. The van der Waals surface area contributed by atoms with Crippen LogP contribution < -0.4 is 5.32 Å². The Morgan fingerprint density at radius 2 is 1.88 bits per heavy atom. The lowest BCUT2D eigenvalue weighted by molar-refractivity contribution is 0.0411. The number of nitrogens with zero attached hydrogens (tertiary/aromatic N) is 1. The molecule has 1 heterocycles. The van der Waals surface area contributed by atoms with Gasteiger partial charge in [0.1, 0.15) is 0 Å². The normalized spacial score (nSPS) is 36.0. The zero-order chi connectivity index (χ0) is 12.5. The molecule has 1 saturated carbocycles. The first-order chi connectivity index (χ1) is 8.02. The van der Waals surface area contributed by atoms with E-state index in [1.807, 2.05) is 0 Å². The van der Waals surface area contributed by atoms with E-state index in [1.54, 1.807) is 0 Å². The molecular weight excluding hydrogens is 208 g/mol. The van der Waals surface area contributed by atoms with E-state index in [0.29, 0.717) is 11.5 Å². The highest BCUT2D eigenvalue weighted by Gasteiger charge is 2.34. The Balaban J connectivity index is 1.95. The van der Waals surface area contributed by atoms with Gasteiger partial charge in [-0.3, -0.25) is 4.90 Å². The highest BCUT2D eigenvalue weighted by molar-refractivity contribution is 4.91. The summed E-state index contributed by atoms with van der Waals surface area (Å²) in [7, 11) is 0. The molecule has 0 aromatic rings. The predicted octanol–water partition coefficient (Wildman–Crippen LogP) is 3.03. The maximum Gasteiger partial charge on any atom is 0.0221 e. The van der Waals surface area contributed by atoms with Gasteiger partial charge in [0.05, 0.1) is 0 Å². The summed E-state index contributed by atoms with van der Waals surface area (Å²) in [6.07, 6.45) is 6.94. The maximum absolute atomic E-state index is 3.63. The molecule has 100 valence electrons. The molecule has 1 aliphatic carbocycles. The molecule has 1 aliphatic heterocycles. The molecular formula is C15H30N2. The second-order valence-corrected chi connectivity index (χ2v) is 6.96. The van der Waals surface area contributed by atoms with Crippen molar-refractivity contribution in [1.82, 2.24) is 10.2 Å². The molecule has 2 aliphatic rings. The first-order valence-electron chi connectivity index (χ1n) is 7.51. The number of piperazine rings is 1. The zero-order valence-corrected chi connectivity index (χ0v) is 12.1. The van der Waals surface area contributed by atoms with Crippen molar-refractivity contribution in [3.63, 3.8) is 0 Å². The van der Waals surface area contributed by atoms with Crippen LogP contribution in [0.1, 0.15) is 59.8 Å². The first kappa shape index (κ1) is 13.4. The summed E-state index contributed by atoms with van der Waals surface area (Å²) < 4.78 is 0. The minimum absolute atomic E-state index is 0.595. The summed E-state index contributed by atoms with van der Waals surface area (Å²) in [6, 6.07) is 2.31. The van der Waals surface area contributed by atoms with Crippen molar-refractivity contribution in [3.8, 4) is 0 Å². The Morgan fingerprint density at radius 3 is 2.47 bits per heavy atom. The van der Waals surface area contributed by atoms with E-state index in [-0.39, 0.29) is 0 Å². The van der Waals surface area contributed by atoms with Crippen LogP contribution in [0.2, 0.25) is 0 Å². The fourth-order valence-electron chi connectivity index (χ4n) is 3.53. The maximum atomic E-state index is 3.63. The molecule has 0 aromatic carbocycles. The summed E-state index contributed by atoms with van der Waals surface area (Å²) in [4.78, 5) is 2.82. The second-order valence-electron chi connectivity index (χ2n) is 6.96. The van der Waals surface area contributed by atoms with E-state index in [9.17, 15) is 0 Å². The highest BCUT2D eigenvalue weighted by atomic mass is 15.3. The Kier molecular flexibility index (Phi) is 4.14. The largest absolute Gasteiger partial charge is 0.311 e. The molecule has 2 rings (SSSR count). The average molecular weight is 238 g/mol. The van der Waals surface area contributed by atoms with Gasteiger partial charge in [0.2, 0.25) is 0 Å². The van der Waals surface area contributed by atoms with Gasteiger partial charge >= 0.3 is 0 Å². The van der Waals surface area contributed by atoms with Crippen LogP contribution in [0, 0.1) is 5.41 Å². The first-order valence-corrected chi connectivity index (χ1v) is 7.51. The van der Waals surface area contributed by atoms with E-state index >= 15 is 0 Å². The Bertz CT molecular complexity index is 239. The molecule has 0 amide bonds. The minimum Gasteiger partial charge on any atom is -0.311 e. The summed E-state index contributed by atoms with van der Waals surface area (Å²) >= 11 is 0. The van der Waals surface area contributed by atoms with Crippen molar-refractivity contribution in [1.29, 1.82) is 0 Å². The van der Waals surface area contributed by atoms with Crippen molar-refractivity contribution < 1.29 is 0 Å². The van der Waals surface area contributed by atoms with E-state index in [2.05, 4.69) is 37.9 Å². The fourth-order valence-corrected chi connectivity index (χ4v) is 3.53. The van der Waals surface area contributed by atoms with Gasteiger partial charge in [-0.05, 0) is 44.4 Å². The number of rotatable bonds is 2. The summed E-state index contributed by atoms with van der Waals surface area (Å²) in [6.45, 7) is 12.0. The SMILES string of the molecule is CCC1CNC(C)CN1C1CCC(C)(C)CC1. The van der Waals surface area contributed by atoms with Crippen LogP contribution in [0.4, 0.5) is 0 Å². The zero-order valence-electron chi connectivity index (χ0n) is 12.1. The summed E-state index contributed by atoms with van der Waals surface area (Å²) in [5.41, 5.74) is 0.595. The molecule has 1 N–H and O–H groups in total. The van der Waals surface area contributed by atoms with Crippen LogP contribution in [0.15, 0.2) is 0 Å². The highest BCUT2D eigenvalue weighted by Crippen LogP contribution is 2.37. The van der Waals surface area contributed by atoms with E-state index in [0.717, 1.165) is 12.1 Å². The number of hydrogen-bond donors (Lipinski definition) is 1. The molecule has 0 spiro atoms. The van der Waals surface area contributed by atoms with Gasteiger partial charge in [0.15, 0.2) is 0 Å². The number of hydrogen-bond acceptors (Lipinski definition) is 2. The molecule has 17 heavy (non-hydrogen) atoms.